The van der Waals surface area contributed by atoms with Crippen LogP contribution in [0.4, 0.5) is 9.52 Å². The zero-order valence-corrected chi connectivity index (χ0v) is 11.3. The zero-order chi connectivity index (χ0) is 13.7. The third-order valence-electron chi connectivity index (χ3n) is 2.49. The maximum absolute atomic E-state index is 13.4. The molecule has 1 amide bonds. The Balaban J connectivity index is 1.95. The Hall–Kier alpha value is -1.82. The molecule has 0 radical (unpaired) electrons. The normalized spacial score (nSPS) is 10.4. The van der Waals surface area contributed by atoms with Gasteiger partial charge in [0.15, 0.2) is 0 Å². The molecule has 0 aliphatic heterocycles. The van der Waals surface area contributed by atoms with E-state index in [1.165, 1.54) is 17.4 Å². The number of aromatic nitrogens is 2. The van der Waals surface area contributed by atoms with Gasteiger partial charge in [0.1, 0.15) is 10.8 Å². The summed E-state index contributed by atoms with van der Waals surface area (Å²) in [6.07, 6.45) is 1.83. The number of carbonyl (C=O) groups excluding carboxylic acids is 1. The lowest BCUT2D eigenvalue weighted by Gasteiger charge is -2.02. The van der Waals surface area contributed by atoms with Gasteiger partial charge in [-0.15, -0.1) is 10.2 Å². The lowest BCUT2D eigenvalue weighted by atomic mass is 10.1. The number of rotatable bonds is 5. The molecule has 2 rings (SSSR count). The number of hydrogen-bond donors (Lipinski definition) is 1. The topological polar surface area (TPSA) is 54.9 Å². The number of anilines is 1. The summed E-state index contributed by atoms with van der Waals surface area (Å²) < 4.78 is 13.4. The van der Waals surface area contributed by atoms with Crippen molar-refractivity contribution in [2.45, 2.75) is 26.2 Å². The van der Waals surface area contributed by atoms with Crippen LogP contribution in [0, 0.1) is 5.82 Å². The molecule has 4 nitrogen and oxygen atoms in total. The number of aryl methyl sites for hydroxylation is 1. The molecular weight excluding hydrogens is 265 g/mol. The SMILES string of the molecule is CCCc1nnc(NC(=O)Cc2ccccc2F)s1. The number of nitrogens with zero attached hydrogens (tertiary/aromatic N) is 2. The molecule has 100 valence electrons. The molecule has 1 aromatic carbocycles. The number of halogens is 1. The van der Waals surface area contributed by atoms with Crippen LogP contribution in [0.25, 0.3) is 0 Å². The van der Waals surface area contributed by atoms with Crippen LogP contribution in [0.2, 0.25) is 0 Å². The van der Waals surface area contributed by atoms with Crippen LogP contribution in [-0.4, -0.2) is 16.1 Å². The minimum absolute atomic E-state index is 0.00460. The van der Waals surface area contributed by atoms with Crippen molar-refractivity contribution in [2.75, 3.05) is 5.32 Å². The van der Waals surface area contributed by atoms with Gasteiger partial charge in [-0.2, -0.15) is 0 Å². The Morgan fingerprint density at radius 3 is 2.89 bits per heavy atom. The van der Waals surface area contributed by atoms with Crippen molar-refractivity contribution in [1.82, 2.24) is 10.2 Å². The van der Waals surface area contributed by atoms with Crippen molar-refractivity contribution in [3.63, 3.8) is 0 Å². The van der Waals surface area contributed by atoms with Gasteiger partial charge in [0, 0.05) is 6.42 Å². The summed E-state index contributed by atoms with van der Waals surface area (Å²) in [6, 6.07) is 6.24. The van der Waals surface area contributed by atoms with Crippen molar-refractivity contribution in [1.29, 1.82) is 0 Å². The molecule has 1 aromatic heterocycles. The fourth-order valence-electron chi connectivity index (χ4n) is 1.60. The van der Waals surface area contributed by atoms with E-state index in [4.69, 9.17) is 0 Å². The van der Waals surface area contributed by atoms with Crippen LogP contribution in [0.3, 0.4) is 0 Å². The van der Waals surface area contributed by atoms with E-state index in [-0.39, 0.29) is 18.1 Å². The fraction of sp³-hybridized carbons (Fsp3) is 0.308. The van der Waals surface area contributed by atoms with Crippen molar-refractivity contribution in [2.24, 2.45) is 0 Å². The van der Waals surface area contributed by atoms with Gasteiger partial charge in [-0.25, -0.2) is 4.39 Å². The third-order valence-corrected chi connectivity index (χ3v) is 3.38. The Morgan fingerprint density at radius 1 is 1.37 bits per heavy atom. The van der Waals surface area contributed by atoms with Gasteiger partial charge in [0.2, 0.25) is 11.0 Å². The van der Waals surface area contributed by atoms with E-state index in [0.717, 1.165) is 17.8 Å². The summed E-state index contributed by atoms with van der Waals surface area (Å²) in [5.41, 5.74) is 0.373. The van der Waals surface area contributed by atoms with Crippen molar-refractivity contribution in [3.05, 3.63) is 40.7 Å². The van der Waals surface area contributed by atoms with Crippen LogP contribution in [0.15, 0.2) is 24.3 Å². The van der Waals surface area contributed by atoms with E-state index in [0.29, 0.717) is 10.7 Å². The smallest absolute Gasteiger partial charge is 0.230 e. The van der Waals surface area contributed by atoms with Gasteiger partial charge in [0.25, 0.3) is 0 Å². The van der Waals surface area contributed by atoms with Crippen molar-refractivity contribution in [3.8, 4) is 0 Å². The fourth-order valence-corrected chi connectivity index (χ4v) is 2.45. The van der Waals surface area contributed by atoms with Crippen LogP contribution < -0.4 is 5.32 Å². The van der Waals surface area contributed by atoms with Gasteiger partial charge in [0.05, 0.1) is 6.42 Å². The zero-order valence-electron chi connectivity index (χ0n) is 10.5. The first kappa shape index (κ1) is 13.6. The summed E-state index contributed by atoms with van der Waals surface area (Å²) in [6.45, 7) is 2.05. The molecule has 1 N–H and O–H groups in total. The molecular formula is C13H14FN3OS. The summed E-state index contributed by atoms with van der Waals surface area (Å²) in [5.74, 6) is -0.661. The lowest BCUT2D eigenvalue weighted by molar-refractivity contribution is -0.115. The highest BCUT2D eigenvalue weighted by Crippen LogP contribution is 2.17. The molecule has 0 bridgehead atoms. The van der Waals surface area contributed by atoms with E-state index < -0.39 is 0 Å². The van der Waals surface area contributed by atoms with Crippen LogP contribution >= 0.6 is 11.3 Å². The van der Waals surface area contributed by atoms with E-state index in [2.05, 4.69) is 22.4 Å². The highest BCUT2D eigenvalue weighted by atomic mass is 32.1. The van der Waals surface area contributed by atoms with E-state index in [1.54, 1.807) is 18.2 Å². The van der Waals surface area contributed by atoms with Gasteiger partial charge in [-0.1, -0.05) is 36.5 Å². The summed E-state index contributed by atoms with van der Waals surface area (Å²) in [7, 11) is 0. The molecule has 19 heavy (non-hydrogen) atoms. The second kappa shape index (κ2) is 6.38. The first-order chi connectivity index (χ1) is 9.19. The third kappa shape index (κ3) is 3.82. The second-order valence-corrected chi connectivity index (χ2v) is 5.13. The predicted octanol–water partition coefficient (Wildman–Crippen LogP) is 2.81. The number of amides is 1. The molecule has 2 aromatic rings. The maximum Gasteiger partial charge on any atom is 0.230 e. The molecule has 1 heterocycles. The van der Waals surface area contributed by atoms with Crippen LogP contribution in [0.5, 0.6) is 0 Å². The number of carbonyl (C=O) groups is 1. The minimum atomic E-state index is -0.374. The quantitative estimate of drug-likeness (QED) is 0.915. The number of hydrogen-bond acceptors (Lipinski definition) is 4. The Labute approximate surface area is 114 Å². The first-order valence-electron chi connectivity index (χ1n) is 6.04. The molecule has 6 heteroatoms. The van der Waals surface area contributed by atoms with E-state index in [1.807, 2.05) is 0 Å². The van der Waals surface area contributed by atoms with E-state index >= 15 is 0 Å². The minimum Gasteiger partial charge on any atom is -0.300 e. The van der Waals surface area contributed by atoms with Crippen molar-refractivity contribution >= 4 is 22.4 Å². The van der Waals surface area contributed by atoms with Crippen LogP contribution in [-0.2, 0) is 17.6 Å². The largest absolute Gasteiger partial charge is 0.300 e. The molecule has 0 aliphatic carbocycles. The molecule has 0 unspecified atom stereocenters. The molecule has 0 atom stereocenters. The average molecular weight is 279 g/mol. The molecule has 0 saturated carbocycles. The summed E-state index contributed by atoms with van der Waals surface area (Å²) >= 11 is 1.35. The number of benzene rings is 1. The Morgan fingerprint density at radius 2 is 2.16 bits per heavy atom. The highest BCUT2D eigenvalue weighted by molar-refractivity contribution is 7.15. The first-order valence-corrected chi connectivity index (χ1v) is 6.86. The summed E-state index contributed by atoms with van der Waals surface area (Å²) in [5, 5.41) is 11.8. The average Bonchev–Trinajstić information content (AvgIpc) is 2.80. The van der Waals surface area contributed by atoms with Gasteiger partial charge >= 0.3 is 0 Å². The standard InChI is InChI=1S/C13H14FN3OS/c1-2-5-12-16-17-13(19-12)15-11(18)8-9-6-3-4-7-10(9)14/h3-4,6-7H,2,5,8H2,1H3,(H,15,17,18). The van der Waals surface area contributed by atoms with Gasteiger partial charge < -0.3 is 5.32 Å². The number of nitrogens with one attached hydrogen (secondary N) is 1. The predicted molar refractivity (Wildman–Crippen MR) is 72.6 cm³/mol. The van der Waals surface area contributed by atoms with E-state index in [9.17, 15) is 9.18 Å². The Bertz CT molecular complexity index is 571. The monoisotopic (exact) mass is 279 g/mol. The summed E-state index contributed by atoms with van der Waals surface area (Å²) in [4.78, 5) is 11.8. The highest BCUT2D eigenvalue weighted by Gasteiger charge is 2.10. The molecule has 0 spiro atoms. The maximum atomic E-state index is 13.4. The Kier molecular flexibility index (Phi) is 4.57. The van der Waals surface area contributed by atoms with Gasteiger partial charge in [-0.3, -0.25) is 4.79 Å². The van der Waals surface area contributed by atoms with Crippen molar-refractivity contribution < 1.29 is 9.18 Å². The molecule has 0 saturated heterocycles. The van der Waals surface area contributed by atoms with Gasteiger partial charge in [-0.05, 0) is 18.1 Å². The molecule has 0 aliphatic rings. The molecule has 0 fully saturated rings. The van der Waals surface area contributed by atoms with Crippen LogP contribution in [0.1, 0.15) is 23.9 Å². The second-order valence-electron chi connectivity index (χ2n) is 4.07. The lowest BCUT2D eigenvalue weighted by Crippen LogP contribution is -2.15.